The fourth-order valence-corrected chi connectivity index (χ4v) is 6.43. The van der Waals surface area contributed by atoms with E-state index in [0.29, 0.717) is 5.69 Å². The number of para-hydroxylation sites is 1. The van der Waals surface area contributed by atoms with Crippen molar-refractivity contribution in [1.29, 1.82) is 0 Å². The lowest BCUT2D eigenvalue weighted by Gasteiger charge is -2.37. The fraction of sp³-hybridized carbons (Fsp3) is 0.345. The van der Waals surface area contributed by atoms with Crippen LogP contribution in [-0.4, -0.2) is 67.7 Å². The summed E-state index contributed by atoms with van der Waals surface area (Å²) < 4.78 is 35.2. The highest BCUT2D eigenvalue weighted by atomic mass is 32.2. The first-order valence-electron chi connectivity index (χ1n) is 12.7. The number of aliphatic hydroxyl groups is 1. The molecular weight excluding hydrogens is 502 g/mol. The molecule has 38 heavy (non-hydrogen) atoms. The van der Waals surface area contributed by atoms with Crippen LogP contribution in [0.1, 0.15) is 19.4 Å². The molecule has 3 atom stereocenters. The minimum atomic E-state index is -3.95. The molecule has 3 aromatic carbocycles. The molecule has 3 aromatic rings. The van der Waals surface area contributed by atoms with Gasteiger partial charge in [0.25, 0.3) is 0 Å². The van der Waals surface area contributed by atoms with Gasteiger partial charge < -0.3 is 20.1 Å². The summed E-state index contributed by atoms with van der Waals surface area (Å²) in [5.74, 6) is -0.0460. The summed E-state index contributed by atoms with van der Waals surface area (Å²) in [6, 6.07) is 21.2. The van der Waals surface area contributed by atoms with Crippen LogP contribution in [0, 0.1) is 12.8 Å². The number of likely N-dealkylation sites (N-methyl/N-ethyl adjacent to an activating group) is 1. The Labute approximate surface area is 224 Å². The zero-order chi connectivity index (χ0) is 27.4. The number of aryl methyl sites for hydroxylation is 1. The van der Waals surface area contributed by atoms with Crippen molar-refractivity contribution >= 4 is 21.7 Å². The van der Waals surface area contributed by atoms with E-state index >= 15 is 0 Å². The van der Waals surface area contributed by atoms with Crippen molar-refractivity contribution in [3.63, 3.8) is 0 Å². The molecule has 0 radical (unpaired) electrons. The van der Waals surface area contributed by atoms with Crippen LogP contribution in [0.15, 0.2) is 77.7 Å². The Kier molecular flexibility index (Phi) is 8.40. The molecule has 0 fully saturated rings. The molecule has 4 rings (SSSR count). The number of nitrogens with one attached hydrogen (secondary N) is 1. The molecule has 0 spiro atoms. The van der Waals surface area contributed by atoms with Crippen LogP contribution in [0.4, 0.5) is 10.5 Å². The van der Waals surface area contributed by atoms with E-state index in [4.69, 9.17) is 4.74 Å². The van der Waals surface area contributed by atoms with Gasteiger partial charge in [0, 0.05) is 31.2 Å². The van der Waals surface area contributed by atoms with Gasteiger partial charge in [0.1, 0.15) is 16.7 Å². The van der Waals surface area contributed by atoms with E-state index in [1.165, 1.54) is 9.21 Å². The van der Waals surface area contributed by atoms with Gasteiger partial charge in [0.2, 0.25) is 10.0 Å². The number of hydrogen-bond donors (Lipinski definition) is 2. The second kappa shape index (κ2) is 11.6. The van der Waals surface area contributed by atoms with Gasteiger partial charge in [0.15, 0.2) is 0 Å². The summed E-state index contributed by atoms with van der Waals surface area (Å²) in [7, 11) is -2.27. The zero-order valence-corrected chi connectivity index (χ0v) is 23.0. The zero-order valence-electron chi connectivity index (χ0n) is 22.2. The molecule has 1 heterocycles. The maximum atomic E-state index is 13.7. The number of carbonyl (C=O) groups is 1. The number of amides is 2. The first kappa shape index (κ1) is 27.6. The highest BCUT2D eigenvalue weighted by Gasteiger charge is 2.38. The Morgan fingerprint density at radius 3 is 2.50 bits per heavy atom. The van der Waals surface area contributed by atoms with Crippen LogP contribution >= 0.6 is 0 Å². The van der Waals surface area contributed by atoms with Gasteiger partial charge in [-0.15, -0.1) is 0 Å². The highest BCUT2D eigenvalue weighted by molar-refractivity contribution is 7.89. The molecule has 8 nitrogen and oxygen atoms in total. The minimum Gasteiger partial charge on any atom is -0.487 e. The average Bonchev–Trinajstić information content (AvgIpc) is 2.90. The third kappa shape index (κ3) is 5.85. The number of rotatable bonds is 6. The lowest BCUT2D eigenvalue weighted by atomic mass is 10.00. The SMILES string of the molecule is Cc1ccccc1-c1ccc2c(c1)O[C@H](CN(C)C(=O)Nc1ccccc1)[C@@H](C)CN([C@H](C)CO)S2(=O)=O. The monoisotopic (exact) mass is 537 g/mol. The normalized spacial score (nSPS) is 19.8. The summed E-state index contributed by atoms with van der Waals surface area (Å²) in [5, 5.41) is 12.7. The smallest absolute Gasteiger partial charge is 0.321 e. The van der Waals surface area contributed by atoms with Crippen molar-refractivity contribution in [3.05, 3.63) is 78.4 Å². The first-order valence-corrected chi connectivity index (χ1v) is 14.1. The Morgan fingerprint density at radius 1 is 1.13 bits per heavy atom. The summed E-state index contributed by atoms with van der Waals surface area (Å²) >= 11 is 0. The van der Waals surface area contributed by atoms with Crippen LogP contribution in [0.3, 0.4) is 0 Å². The van der Waals surface area contributed by atoms with E-state index in [1.807, 2.05) is 68.4 Å². The van der Waals surface area contributed by atoms with Gasteiger partial charge in [-0.1, -0.05) is 55.5 Å². The molecule has 0 aromatic heterocycles. The van der Waals surface area contributed by atoms with Crippen molar-refractivity contribution < 1.29 is 23.1 Å². The van der Waals surface area contributed by atoms with Crippen molar-refractivity contribution in [2.45, 2.75) is 37.8 Å². The summed E-state index contributed by atoms with van der Waals surface area (Å²) in [6.45, 7) is 5.64. The van der Waals surface area contributed by atoms with Gasteiger partial charge in [-0.2, -0.15) is 4.31 Å². The average molecular weight is 538 g/mol. The van der Waals surface area contributed by atoms with E-state index in [2.05, 4.69) is 5.32 Å². The van der Waals surface area contributed by atoms with Crippen molar-refractivity contribution in [3.8, 4) is 16.9 Å². The molecule has 2 amide bonds. The highest BCUT2D eigenvalue weighted by Crippen LogP contribution is 2.37. The van der Waals surface area contributed by atoms with Gasteiger partial charge >= 0.3 is 6.03 Å². The number of carbonyl (C=O) groups excluding carboxylic acids is 1. The lowest BCUT2D eigenvalue weighted by Crippen LogP contribution is -2.50. The van der Waals surface area contributed by atoms with Gasteiger partial charge in [-0.05, 0) is 54.8 Å². The number of ether oxygens (including phenoxy) is 1. The second-order valence-corrected chi connectivity index (χ2v) is 11.8. The number of hydrogen-bond acceptors (Lipinski definition) is 5. The maximum absolute atomic E-state index is 13.7. The second-order valence-electron chi connectivity index (χ2n) is 9.89. The number of anilines is 1. The minimum absolute atomic E-state index is 0.0448. The number of nitrogens with zero attached hydrogens (tertiary/aromatic N) is 2. The topological polar surface area (TPSA) is 99.2 Å². The molecule has 0 bridgehead atoms. The van der Waals surface area contributed by atoms with E-state index in [0.717, 1.165) is 16.7 Å². The Balaban J connectivity index is 1.71. The Bertz CT molecular complexity index is 1380. The van der Waals surface area contributed by atoms with Crippen LogP contribution in [0.2, 0.25) is 0 Å². The molecule has 1 aliphatic rings. The molecule has 1 aliphatic heterocycles. The molecular formula is C29H35N3O5S. The number of aliphatic hydroxyl groups excluding tert-OH is 1. The van der Waals surface area contributed by atoms with E-state index < -0.39 is 22.2 Å². The Morgan fingerprint density at radius 2 is 1.82 bits per heavy atom. The molecule has 0 saturated heterocycles. The van der Waals surface area contributed by atoms with Crippen LogP contribution in [0.5, 0.6) is 5.75 Å². The number of fused-ring (bicyclic) bond motifs is 1. The quantitative estimate of drug-likeness (QED) is 0.479. The summed E-state index contributed by atoms with van der Waals surface area (Å²) in [4.78, 5) is 14.5. The largest absolute Gasteiger partial charge is 0.487 e. The summed E-state index contributed by atoms with van der Waals surface area (Å²) in [6.07, 6.45) is -0.503. The summed E-state index contributed by atoms with van der Waals surface area (Å²) in [5.41, 5.74) is 3.54. The van der Waals surface area contributed by atoms with Crippen LogP contribution in [-0.2, 0) is 10.0 Å². The maximum Gasteiger partial charge on any atom is 0.321 e. The lowest BCUT2D eigenvalue weighted by molar-refractivity contribution is 0.0830. The van der Waals surface area contributed by atoms with Gasteiger partial charge in [-0.25, -0.2) is 13.2 Å². The van der Waals surface area contributed by atoms with E-state index in [9.17, 15) is 18.3 Å². The molecule has 0 aliphatic carbocycles. The molecule has 202 valence electrons. The van der Waals surface area contributed by atoms with E-state index in [1.54, 1.807) is 32.2 Å². The van der Waals surface area contributed by atoms with Crippen LogP contribution in [0.25, 0.3) is 11.1 Å². The van der Waals surface area contributed by atoms with Crippen molar-refractivity contribution in [2.24, 2.45) is 5.92 Å². The number of urea groups is 1. The fourth-order valence-electron chi connectivity index (χ4n) is 4.60. The molecule has 9 heteroatoms. The third-order valence-electron chi connectivity index (χ3n) is 6.95. The van der Waals surface area contributed by atoms with Crippen molar-refractivity contribution in [2.75, 3.05) is 32.1 Å². The van der Waals surface area contributed by atoms with Gasteiger partial charge in [-0.3, -0.25) is 0 Å². The van der Waals surface area contributed by atoms with E-state index in [-0.39, 0.29) is 42.3 Å². The predicted molar refractivity (Wildman–Crippen MR) is 149 cm³/mol. The molecule has 0 unspecified atom stereocenters. The van der Waals surface area contributed by atoms with Crippen molar-refractivity contribution in [1.82, 2.24) is 9.21 Å². The van der Waals surface area contributed by atoms with Crippen LogP contribution < -0.4 is 10.1 Å². The predicted octanol–water partition coefficient (Wildman–Crippen LogP) is 4.59. The standard InChI is InChI=1S/C29H35N3O5S/c1-20-10-8-9-13-25(20)23-14-15-28-26(16-23)37-27(21(2)17-32(22(3)19-33)38(28,35)36)18-31(4)29(34)30-24-11-6-5-7-12-24/h5-16,21-22,27,33H,17-19H2,1-4H3,(H,30,34)/t21-,22+,27+/m0/s1. The number of benzene rings is 3. The van der Waals surface area contributed by atoms with Gasteiger partial charge in [0.05, 0.1) is 13.2 Å². The molecule has 0 saturated carbocycles. The molecule has 2 N–H and O–H groups in total. The number of sulfonamides is 1. The first-order chi connectivity index (χ1) is 18.1. The third-order valence-corrected chi connectivity index (χ3v) is 8.97. The Hall–Kier alpha value is -3.40.